The Morgan fingerprint density at radius 1 is 0.849 bits per heavy atom. The number of methoxy groups -OCH3 is 1. The number of thiophene rings is 1. The Morgan fingerprint density at radius 3 is 2.32 bits per heavy atom. The molecular weight excluding hydrogens is 707 g/mol. The number of hydrogen-bond donors (Lipinski definition) is 3. The van der Waals surface area contributed by atoms with E-state index in [-0.39, 0.29) is 18.2 Å². The van der Waals surface area contributed by atoms with Crippen molar-refractivity contribution >= 4 is 63.6 Å². The number of thioether (sulfide) groups is 1. The lowest BCUT2D eigenvalue weighted by atomic mass is 9.95. The number of carbonyl (C=O) groups excluding carboxylic acids is 4. The maximum Gasteiger partial charge on any atom is 0.341 e. The van der Waals surface area contributed by atoms with Crippen LogP contribution in [-0.2, 0) is 27.2 Å². The van der Waals surface area contributed by atoms with Crippen molar-refractivity contribution in [3.63, 3.8) is 0 Å². The fraction of sp³-hybridized carbons (Fsp3) is 0.190. The Morgan fingerprint density at radius 2 is 1.57 bits per heavy atom. The summed E-state index contributed by atoms with van der Waals surface area (Å²) in [6, 6.07) is 32.4. The van der Waals surface area contributed by atoms with Crippen molar-refractivity contribution in [2.45, 2.75) is 42.8 Å². The first-order valence-electron chi connectivity index (χ1n) is 17.3. The second kappa shape index (κ2) is 17.7. The number of para-hydroxylation sites is 1. The zero-order valence-corrected chi connectivity index (χ0v) is 31.0. The van der Waals surface area contributed by atoms with Crippen LogP contribution in [0.2, 0.25) is 0 Å². The number of benzene rings is 4. The second-order valence-corrected chi connectivity index (χ2v) is 14.4. The molecule has 0 spiro atoms. The van der Waals surface area contributed by atoms with E-state index < -0.39 is 23.0 Å². The number of carbonyl (C=O) groups is 4. The minimum Gasteiger partial charge on any atom is -0.496 e. The predicted molar refractivity (Wildman–Crippen MR) is 211 cm³/mol. The number of fused-ring (bicyclic) bond motifs is 1. The molecule has 0 aliphatic heterocycles. The number of rotatable bonds is 13. The lowest BCUT2D eigenvalue weighted by Gasteiger charge is -2.18. The van der Waals surface area contributed by atoms with Crippen LogP contribution in [0.1, 0.15) is 67.3 Å². The first kappa shape index (κ1) is 37.1. The van der Waals surface area contributed by atoms with Crippen molar-refractivity contribution < 1.29 is 28.7 Å². The molecule has 1 aliphatic carbocycles. The van der Waals surface area contributed by atoms with Gasteiger partial charge < -0.3 is 25.4 Å². The van der Waals surface area contributed by atoms with Gasteiger partial charge in [0.05, 0.1) is 19.3 Å². The number of hydrogen-bond acceptors (Lipinski definition) is 8. The van der Waals surface area contributed by atoms with E-state index in [2.05, 4.69) is 16.0 Å². The lowest BCUT2D eigenvalue weighted by molar-refractivity contribution is -0.116. The van der Waals surface area contributed by atoms with E-state index in [9.17, 15) is 19.2 Å². The molecule has 1 heterocycles. The van der Waals surface area contributed by atoms with Crippen LogP contribution >= 0.6 is 23.1 Å². The fourth-order valence-corrected chi connectivity index (χ4v) is 8.38. The molecule has 1 unspecified atom stereocenters. The monoisotopic (exact) mass is 745 g/mol. The molecule has 3 amide bonds. The Kier molecular flexibility index (Phi) is 12.4. The van der Waals surface area contributed by atoms with Crippen LogP contribution in [0.15, 0.2) is 120 Å². The van der Waals surface area contributed by atoms with Gasteiger partial charge >= 0.3 is 5.97 Å². The van der Waals surface area contributed by atoms with E-state index in [1.54, 1.807) is 67.6 Å². The molecule has 4 aromatic carbocycles. The Hall–Kier alpha value is -5.65. The molecule has 3 N–H and O–H groups in total. The molecule has 270 valence electrons. The summed E-state index contributed by atoms with van der Waals surface area (Å²) in [5.41, 5.74) is 3.68. The molecular formula is C42H39N3O6S2. The molecule has 1 aliphatic rings. The third kappa shape index (κ3) is 9.24. The van der Waals surface area contributed by atoms with E-state index >= 15 is 0 Å². The maximum absolute atomic E-state index is 14.2. The van der Waals surface area contributed by atoms with Gasteiger partial charge in [-0.05, 0) is 86.2 Å². The van der Waals surface area contributed by atoms with E-state index in [0.29, 0.717) is 38.0 Å². The van der Waals surface area contributed by atoms with Crippen LogP contribution in [0, 0.1) is 0 Å². The van der Waals surface area contributed by atoms with Crippen molar-refractivity contribution in [3.05, 3.63) is 148 Å². The lowest BCUT2D eigenvalue weighted by Crippen LogP contribution is -2.30. The van der Waals surface area contributed by atoms with Gasteiger partial charge in [0.25, 0.3) is 11.8 Å². The summed E-state index contributed by atoms with van der Waals surface area (Å²) in [5.74, 6) is -1.17. The van der Waals surface area contributed by atoms with Crippen molar-refractivity contribution in [2.24, 2.45) is 0 Å². The van der Waals surface area contributed by atoms with Gasteiger partial charge in [0.15, 0.2) is 0 Å². The van der Waals surface area contributed by atoms with Crippen LogP contribution < -0.4 is 20.7 Å². The molecule has 0 saturated heterocycles. The van der Waals surface area contributed by atoms with Gasteiger partial charge in [-0.1, -0.05) is 72.8 Å². The average Bonchev–Trinajstić information content (AvgIpc) is 3.55. The molecule has 0 saturated carbocycles. The third-order valence-electron chi connectivity index (χ3n) is 8.54. The van der Waals surface area contributed by atoms with Crippen LogP contribution in [0.3, 0.4) is 0 Å². The molecule has 53 heavy (non-hydrogen) atoms. The molecule has 9 nitrogen and oxygen atoms in total. The summed E-state index contributed by atoms with van der Waals surface area (Å²) >= 11 is 2.77. The molecule has 0 bridgehead atoms. The summed E-state index contributed by atoms with van der Waals surface area (Å²) in [6.45, 7) is 2.01. The van der Waals surface area contributed by atoms with E-state index in [4.69, 9.17) is 9.47 Å². The summed E-state index contributed by atoms with van der Waals surface area (Å²) in [6.07, 6.45) is 5.22. The van der Waals surface area contributed by atoms with Gasteiger partial charge in [0.2, 0.25) is 5.91 Å². The van der Waals surface area contributed by atoms with Gasteiger partial charge in [-0.2, -0.15) is 0 Å². The topological polar surface area (TPSA) is 123 Å². The van der Waals surface area contributed by atoms with Crippen LogP contribution in [0.25, 0.3) is 6.08 Å². The standard InChI is InChI=1S/C42H39N3O6S2/c1-3-51-42(49)36-32-22-11-13-24-35(32)53-41(36)45-40(48)37(27-15-6-4-7-16-27)52-31-21-14-20-30(26-31)43-39(47)33(25-29-19-10-12-23-34(29)50-2)44-38(46)28-17-8-5-9-18-28/h4-10,12,14-21,23,25-26,37H,3,11,13,22,24H2,1-2H3,(H,43,47)(H,44,46)(H,45,48)/b33-25+. The van der Waals surface area contributed by atoms with Crippen LogP contribution in [-0.4, -0.2) is 37.4 Å². The number of aryl methyl sites for hydroxylation is 1. The van der Waals surface area contributed by atoms with Gasteiger partial charge in [-0.25, -0.2) is 4.79 Å². The Labute approximate surface area is 316 Å². The normalized spacial score (nSPS) is 12.9. The zero-order chi connectivity index (χ0) is 37.2. The Balaban J connectivity index is 1.26. The average molecular weight is 746 g/mol. The highest BCUT2D eigenvalue weighted by Crippen LogP contribution is 2.41. The number of anilines is 2. The summed E-state index contributed by atoms with van der Waals surface area (Å²) < 4.78 is 10.9. The number of esters is 1. The zero-order valence-electron chi connectivity index (χ0n) is 29.3. The highest BCUT2D eigenvalue weighted by molar-refractivity contribution is 8.00. The highest BCUT2D eigenvalue weighted by Gasteiger charge is 2.30. The van der Waals surface area contributed by atoms with Gasteiger partial charge in [-0.15, -0.1) is 23.1 Å². The largest absolute Gasteiger partial charge is 0.496 e. The molecule has 1 aromatic heterocycles. The number of ether oxygens (including phenoxy) is 2. The molecule has 1 atom stereocenters. The third-order valence-corrected chi connectivity index (χ3v) is 11.0. The second-order valence-electron chi connectivity index (χ2n) is 12.1. The quantitative estimate of drug-likeness (QED) is 0.0626. The first-order chi connectivity index (χ1) is 25.8. The van der Waals surface area contributed by atoms with Crippen LogP contribution in [0.4, 0.5) is 10.7 Å². The summed E-state index contributed by atoms with van der Waals surface area (Å²) in [4.78, 5) is 56.1. The molecule has 11 heteroatoms. The number of nitrogens with one attached hydrogen (secondary N) is 3. The van der Waals surface area contributed by atoms with Crippen molar-refractivity contribution in [3.8, 4) is 5.75 Å². The van der Waals surface area contributed by atoms with Crippen molar-refractivity contribution in [1.29, 1.82) is 0 Å². The molecule has 0 fully saturated rings. The minimum absolute atomic E-state index is 0.0130. The number of amides is 3. The van der Waals surface area contributed by atoms with E-state index in [1.807, 2.05) is 54.6 Å². The Bertz CT molecular complexity index is 2130. The minimum atomic E-state index is -0.692. The SMILES string of the molecule is CCOC(=O)c1c(NC(=O)C(Sc2cccc(NC(=O)/C(=C\c3ccccc3OC)NC(=O)c3ccccc3)c2)c2ccccc2)sc2c1CCCC2. The van der Waals surface area contributed by atoms with Gasteiger partial charge in [-0.3, -0.25) is 14.4 Å². The van der Waals surface area contributed by atoms with Gasteiger partial charge in [0, 0.05) is 26.6 Å². The predicted octanol–water partition coefficient (Wildman–Crippen LogP) is 8.69. The van der Waals surface area contributed by atoms with E-state index in [1.165, 1.54) is 30.2 Å². The fourth-order valence-electron chi connectivity index (χ4n) is 6.02. The van der Waals surface area contributed by atoms with E-state index in [0.717, 1.165) is 41.7 Å². The van der Waals surface area contributed by atoms with Crippen molar-refractivity contribution in [1.82, 2.24) is 5.32 Å². The summed E-state index contributed by atoms with van der Waals surface area (Å²) in [5, 5.41) is 8.57. The summed E-state index contributed by atoms with van der Waals surface area (Å²) in [7, 11) is 1.54. The molecule has 6 rings (SSSR count). The molecule has 0 radical (unpaired) electrons. The van der Waals surface area contributed by atoms with Crippen LogP contribution in [0.5, 0.6) is 5.75 Å². The highest BCUT2D eigenvalue weighted by atomic mass is 32.2. The smallest absolute Gasteiger partial charge is 0.341 e. The van der Waals surface area contributed by atoms with Gasteiger partial charge in [0.1, 0.15) is 21.7 Å². The maximum atomic E-state index is 14.2. The van der Waals surface area contributed by atoms with Crippen molar-refractivity contribution in [2.75, 3.05) is 24.4 Å². The first-order valence-corrected chi connectivity index (χ1v) is 19.0. The molecule has 5 aromatic rings.